The highest BCUT2D eigenvalue weighted by molar-refractivity contribution is 6.42. The zero-order chi connectivity index (χ0) is 15.4. The number of hydrogen-bond acceptors (Lipinski definition) is 4. The van der Waals surface area contributed by atoms with Gasteiger partial charge in [-0.2, -0.15) is 5.10 Å². The smallest absolute Gasteiger partial charge is 0.271 e. The molecule has 0 aliphatic carbocycles. The molecule has 5 nitrogen and oxygen atoms in total. The highest BCUT2D eigenvalue weighted by atomic mass is 35.5. The first kappa shape index (κ1) is 15.3. The van der Waals surface area contributed by atoms with Gasteiger partial charge in [0.15, 0.2) is 0 Å². The van der Waals surface area contributed by atoms with E-state index in [1.165, 1.54) is 12.1 Å². The van der Waals surface area contributed by atoms with Crippen molar-refractivity contribution in [2.24, 2.45) is 5.10 Å². The second-order valence-corrected chi connectivity index (χ2v) is 5.06. The van der Waals surface area contributed by atoms with Crippen LogP contribution in [0.5, 0.6) is 0 Å². The summed E-state index contributed by atoms with van der Waals surface area (Å²) >= 11 is 11.8. The van der Waals surface area contributed by atoms with Crippen LogP contribution in [0.1, 0.15) is 12.5 Å². The number of rotatable bonds is 4. The molecule has 0 spiro atoms. The number of hydrogen-bond donors (Lipinski definition) is 1. The maximum Gasteiger partial charge on any atom is 0.271 e. The Bertz CT molecular complexity index is 717. The summed E-state index contributed by atoms with van der Waals surface area (Å²) in [7, 11) is 0. The molecule has 0 bridgehead atoms. The Labute approximate surface area is 131 Å². The first-order valence-electron chi connectivity index (χ1n) is 5.97. The van der Waals surface area contributed by atoms with Crippen molar-refractivity contribution in [1.29, 1.82) is 0 Å². The van der Waals surface area contributed by atoms with E-state index in [9.17, 15) is 10.1 Å². The zero-order valence-corrected chi connectivity index (χ0v) is 12.5. The summed E-state index contributed by atoms with van der Waals surface area (Å²) in [4.78, 5) is 10.2. The molecule has 0 amide bonds. The maximum absolute atomic E-state index is 10.7. The van der Waals surface area contributed by atoms with Crippen LogP contribution >= 0.6 is 23.2 Å². The van der Waals surface area contributed by atoms with Crippen LogP contribution < -0.4 is 5.43 Å². The number of non-ortho nitro benzene ring substituents is 1. The monoisotopic (exact) mass is 323 g/mol. The fourth-order valence-electron chi connectivity index (χ4n) is 1.62. The van der Waals surface area contributed by atoms with E-state index in [1.54, 1.807) is 37.3 Å². The molecule has 0 saturated carbocycles. The van der Waals surface area contributed by atoms with Crippen molar-refractivity contribution in [3.05, 3.63) is 68.2 Å². The molecule has 0 unspecified atom stereocenters. The summed E-state index contributed by atoms with van der Waals surface area (Å²) in [6, 6.07) is 11.3. The standard InChI is InChI=1S/C14H11Cl2N3O2/c1-9(10-5-6-13(15)14(16)7-10)17-18-11-3-2-4-12(8-11)19(20)21/h2-8,18H,1H3. The molecule has 2 aromatic rings. The second-order valence-electron chi connectivity index (χ2n) is 4.25. The number of nitrogens with one attached hydrogen (secondary N) is 1. The molecule has 0 aliphatic heterocycles. The van der Waals surface area contributed by atoms with Crippen molar-refractivity contribution in [2.45, 2.75) is 6.92 Å². The van der Waals surface area contributed by atoms with Crippen LogP contribution in [0, 0.1) is 10.1 Å². The van der Waals surface area contributed by atoms with Crippen molar-refractivity contribution < 1.29 is 4.92 Å². The van der Waals surface area contributed by atoms with Crippen molar-refractivity contribution in [2.75, 3.05) is 5.43 Å². The van der Waals surface area contributed by atoms with E-state index in [-0.39, 0.29) is 5.69 Å². The van der Waals surface area contributed by atoms with Gasteiger partial charge in [0.05, 0.1) is 26.4 Å². The fraction of sp³-hybridized carbons (Fsp3) is 0.0714. The van der Waals surface area contributed by atoms with Crippen molar-refractivity contribution in [3.63, 3.8) is 0 Å². The molecule has 0 radical (unpaired) electrons. The Balaban J connectivity index is 2.18. The van der Waals surface area contributed by atoms with Gasteiger partial charge in [0.1, 0.15) is 0 Å². The van der Waals surface area contributed by atoms with Gasteiger partial charge in [-0.3, -0.25) is 15.5 Å². The SMILES string of the molecule is CC(=NNc1cccc([N+](=O)[O-])c1)c1ccc(Cl)c(Cl)c1. The Kier molecular flexibility index (Phi) is 4.77. The van der Waals surface area contributed by atoms with Gasteiger partial charge in [-0.25, -0.2) is 0 Å². The van der Waals surface area contributed by atoms with E-state index in [4.69, 9.17) is 23.2 Å². The molecule has 21 heavy (non-hydrogen) atoms. The third-order valence-electron chi connectivity index (χ3n) is 2.75. The summed E-state index contributed by atoms with van der Waals surface area (Å²) in [6.45, 7) is 1.80. The highest BCUT2D eigenvalue weighted by Gasteiger charge is 2.06. The van der Waals surface area contributed by atoms with Gasteiger partial charge in [-0.05, 0) is 30.7 Å². The summed E-state index contributed by atoms with van der Waals surface area (Å²) in [5.41, 5.74) is 4.80. The number of halogens is 2. The Morgan fingerprint density at radius 3 is 2.62 bits per heavy atom. The zero-order valence-electron chi connectivity index (χ0n) is 11.0. The molecule has 0 aromatic heterocycles. The molecule has 0 saturated heterocycles. The minimum Gasteiger partial charge on any atom is -0.278 e. The van der Waals surface area contributed by atoms with E-state index in [1.807, 2.05) is 0 Å². The molecule has 0 fully saturated rings. The quantitative estimate of drug-likeness (QED) is 0.502. The first-order chi connectivity index (χ1) is 9.97. The number of hydrazone groups is 1. The van der Waals surface area contributed by atoms with Crippen molar-refractivity contribution in [3.8, 4) is 0 Å². The molecule has 2 aromatic carbocycles. The number of nitrogens with zero attached hydrogens (tertiary/aromatic N) is 2. The van der Waals surface area contributed by atoms with Crippen LogP contribution in [0.2, 0.25) is 10.0 Å². The largest absolute Gasteiger partial charge is 0.278 e. The minimum absolute atomic E-state index is 0.00221. The van der Waals surface area contributed by atoms with Crippen molar-refractivity contribution in [1.82, 2.24) is 0 Å². The predicted molar refractivity (Wildman–Crippen MR) is 85.4 cm³/mol. The van der Waals surface area contributed by atoms with Gasteiger partial charge in [0, 0.05) is 12.1 Å². The van der Waals surface area contributed by atoms with Gasteiger partial charge in [-0.15, -0.1) is 0 Å². The average molecular weight is 324 g/mol. The highest BCUT2D eigenvalue weighted by Crippen LogP contribution is 2.23. The van der Waals surface area contributed by atoms with Crippen LogP contribution in [-0.2, 0) is 0 Å². The normalized spacial score (nSPS) is 11.3. The Hall–Kier alpha value is -2.11. The van der Waals surface area contributed by atoms with Crippen LogP contribution in [0.3, 0.4) is 0 Å². The van der Waals surface area contributed by atoms with Gasteiger partial charge in [0.2, 0.25) is 0 Å². The summed E-state index contributed by atoms with van der Waals surface area (Å²) in [6.07, 6.45) is 0. The van der Waals surface area contributed by atoms with E-state index >= 15 is 0 Å². The van der Waals surface area contributed by atoms with Gasteiger partial charge in [0.25, 0.3) is 5.69 Å². The lowest BCUT2D eigenvalue weighted by Crippen LogP contribution is -2.00. The molecular weight excluding hydrogens is 313 g/mol. The second kappa shape index (κ2) is 6.56. The molecule has 0 aliphatic rings. The minimum atomic E-state index is -0.458. The van der Waals surface area contributed by atoms with Gasteiger partial charge < -0.3 is 0 Å². The molecule has 0 heterocycles. The Morgan fingerprint density at radius 2 is 1.95 bits per heavy atom. The summed E-state index contributed by atoms with van der Waals surface area (Å²) in [5.74, 6) is 0. The van der Waals surface area contributed by atoms with E-state index in [0.717, 1.165) is 5.56 Å². The Morgan fingerprint density at radius 1 is 1.19 bits per heavy atom. The van der Waals surface area contributed by atoms with Crippen LogP contribution in [-0.4, -0.2) is 10.6 Å². The van der Waals surface area contributed by atoms with Crippen molar-refractivity contribution >= 4 is 40.3 Å². The van der Waals surface area contributed by atoms with Crippen LogP contribution in [0.15, 0.2) is 47.6 Å². The van der Waals surface area contributed by atoms with E-state index in [2.05, 4.69) is 10.5 Å². The molecular formula is C14H11Cl2N3O2. The van der Waals surface area contributed by atoms with Crippen LogP contribution in [0.4, 0.5) is 11.4 Å². The van der Waals surface area contributed by atoms with Gasteiger partial charge in [-0.1, -0.05) is 35.3 Å². The lowest BCUT2D eigenvalue weighted by Gasteiger charge is -2.05. The fourth-order valence-corrected chi connectivity index (χ4v) is 1.92. The first-order valence-corrected chi connectivity index (χ1v) is 6.73. The number of nitro groups is 1. The lowest BCUT2D eigenvalue weighted by molar-refractivity contribution is -0.384. The van der Waals surface area contributed by atoms with Crippen LogP contribution in [0.25, 0.3) is 0 Å². The lowest BCUT2D eigenvalue weighted by atomic mass is 10.1. The summed E-state index contributed by atoms with van der Waals surface area (Å²) < 4.78 is 0. The maximum atomic E-state index is 10.7. The topological polar surface area (TPSA) is 67.5 Å². The molecule has 1 N–H and O–H groups in total. The third kappa shape index (κ3) is 3.93. The number of benzene rings is 2. The van der Waals surface area contributed by atoms with E-state index < -0.39 is 4.92 Å². The predicted octanol–water partition coefficient (Wildman–Crippen LogP) is 4.74. The molecule has 2 rings (SSSR count). The molecule has 0 atom stereocenters. The number of anilines is 1. The molecule has 7 heteroatoms. The van der Waals surface area contributed by atoms with E-state index in [0.29, 0.717) is 21.4 Å². The number of nitro benzene ring substituents is 1. The van der Waals surface area contributed by atoms with Gasteiger partial charge >= 0.3 is 0 Å². The summed E-state index contributed by atoms with van der Waals surface area (Å²) in [5, 5.41) is 15.8. The average Bonchev–Trinajstić information content (AvgIpc) is 2.48. The third-order valence-corrected chi connectivity index (χ3v) is 3.49. The molecule has 108 valence electrons.